The number of hydrogen-bond donors (Lipinski definition) is 1. The molecule has 2 heterocycles. The standard InChI is InChI=1S/C14H20N2/c1-11-3-4-13-8-12(9-15-14(13)7-11)10-16-5-2-6-16/h3-4,7,12,15H,2,5-6,8-10H2,1H3. The van der Waals surface area contributed by atoms with Crippen LogP contribution in [-0.2, 0) is 6.42 Å². The monoisotopic (exact) mass is 216 g/mol. The van der Waals surface area contributed by atoms with Crippen molar-refractivity contribution in [1.82, 2.24) is 4.90 Å². The van der Waals surface area contributed by atoms with E-state index in [0.29, 0.717) is 0 Å². The summed E-state index contributed by atoms with van der Waals surface area (Å²) in [4.78, 5) is 2.57. The van der Waals surface area contributed by atoms with Crippen LogP contribution in [0.1, 0.15) is 17.5 Å². The fourth-order valence-corrected chi connectivity index (χ4v) is 2.73. The van der Waals surface area contributed by atoms with Gasteiger partial charge in [-0.15, -0.1) is 0 Å². The summed E-state index contributed by atoms with van der Waals surface area (Å²) < 4.78 is 0. The Bertz CT molecular complexity index is 382. The lowest BCUT2D eigenvalue weighted by Gasteiger charge is -2.36. The van der Waals surface area contributed by atoms with Crippen LogP contribution in [0.15, 0.2) is 18.2 Å². The van der Waals surface area contributed by atoms with Crippen molar-refractivity contribution in [2.24, 2.45) is 5.92 Å². The van der Waals surface area contributed by atoms with Crippen molar-refractivity contribution in [3.63, 3.8) is 0 Å². The maximum Gasteiger partial charge on any atom is 0.0375 e. The second-order valence-electron chi connectivity index (χ2n) is 5.27. The van der Waals surface area contributed by atoms with E-state index in [-0.39, 0.29) is 0 Å². The zero-order valence-corrected chi connectivity index (χ0v) is 10.00. The zero-order chi connectivity index (χ0) is 11.0. The van der Waals surface area contributed by atoms with Gasteiger partial charge in [-0.25, -0.2) is 0 Å². The van der Waals surface area contributed by atoms with Gasteiger partial charge < -0.3 is 10.2 Å². The third-order valence-electron chi connectivity index (χ3n) is 3.82. The number of hydrogen-bond acceptors (Lipinski definition) is 2. The molecule has 0 saturated carbocycles. The van der Waals surface area contributed by atoms with Crippen LogP contribution in [0.25, 0.3) is 0 Å². The molecule has 1 unspecified atom stereocenters. The molecule has 1 N–H and O–H groups in total. The molecule has 3 rings (SSSR count). The van der Waals surface area contributed by atoms with Crippen molar-refractivity contribution < 1.29 is 0 Å². The van der Waals surface area contributed by atoms with Gasteiger partial charge in [0.25, 0.3) is 0 Å². The van der Waals surface area contributed by atoms with Crippen molar-refractivity contribution in [1.29, 1.82) is 0 Å². The van der Waals surface area contributed by atoms with E-state index in [0.717, 1.165) is 12.5 Å². The first kappa shape index (κ1) is 10.2. The molecule has 1 atom stereocenters. The van der Waals surface area contributed by atoms with E-state index in [1.807, 2.05) is 0 Å². The van der Waals surface area contributed by atoms with Gasteiger partial charge in [0.05, 0.1) is 0 Å². The van der Waals surface area contributed by atoms with Gasteiger partial charge in [0, 0.05) is 18.8 Å². The van der Waals surface area contributed by atoms with Gasteiger partial charge in [0.2, 0.25) is 0 Å². The van der Waals surface area contributed by atoms with Crippen molar-refractivity contribution in [2.75, 3.05) is 31.5 Å². The molecule has 86 valence electrons. The van der Waals surface area contributed by atoms with E-state index < -0.39 is 0 Å². The summed E-state index contributed by atoms with van der Waals surface area (Å²) in [6, 6.07) is 6.79. The number of rotatable bonds is 2. The third-order valence-corrected chi connectivity index (χ3v) is 3.82. The number of fused-ring (bicyclic) bond motifs is 1. The van der Waals surface area contributed by atoms with Gasteiger partial charge >= 0.3 is 0 Å². The van der Waals surface area contributed by atoms with E-state index >= 15 is 0 Å². The molecular weight excluding hydrogens is 196 g/mol. The van der Waals surface area contributed by atoms with Gasteiger partial charge in [-0.05, 0) is 56.0 Å². The highest BCUT2D eigenvalue weighted by atomic mass is 15.2. The highest BCUT2D eigenvalue weighted by Gasteiger charge is 2.23. The molecule has 1 aromatic carbocycles. The minimum atomic E-state index is 0.801. The molecule has 0 bridgehead atoms. The number of aryl methyl sites for hydroxylation is 1. The Morgan fingerprint density at radius 1 is 1.38 bits per heavy atom. The minimum absolute atomic E-state index is 0.801. The number of benzene rings is 1. The first-order valence-electron chi connectivity index (χ1n) is 6.37. The van der Waals surface area contributed by atoms with Crippen LogP contribution in [-0.4, -0.2) is 31.1 Å². The van der Waals surface area contributed by atoms with Crippen LogP contribution in [0.3, 0.4) is 0 Å². The van der Waals surface area contributed by atoms with Gasteiger partial charge in [0.15, 0.2) is 0 Å². The molecule has 0 aliphatic carbocycles. The molecule has 1 saturated heterocycles. The Morgan fingerprint density at radius 3 is 3.00 bits per heavy atom. The van der Waals surface area contributed by atoms with Crippen LogP contribution in [0, 0.1) is 12.8 Å². The lowest BCUT2D eigenvalue weighted by molar-refractivity contribution is 0.154. The van der Waals surface area contributed by atoms with Gasteiger partial charge in [-0.1, -0.05) is 12.1 Å². The van der Waals surface area contributed by atoms with Crippen molar-refractivity contribution >= 4 is 5.69 Å². The summed E-state index contributed by atoms with van der Waals surface area (Å²) in [7, 11) is 0. The lowest BCUT2D eigenvalue weighted by atomic mass is 9.92. The Balaban J connectivity index is 1.68. The van der Waals surface area contributed by atoms with E-state index in [1.54, 1.807) is 0 Å². The molecule has 0 amide bonds. The Hall–Kier alpha value is -1.02. The molecule has 2 aliphatic heterocycles. The Labute approximate surface area is 97.6 Å². The molecule has 0 radical (unpaired) electrons. The van der Waals surface area contributed by atoms with Gasteiger partial charge in [-0.2, -0.15) is 0 Å². The number of anilines is 1. The van der Waals surface area contributed by atoms with Crippen molar-refractivity contribution in [3.05, 3.63) is 29.3 Å². The summed E-state index contributed by atoms with van der Waals surface area (Å²) >= 11 is 0. The predicted octanol–water partition coefficient (Wildman–Crippen LogP) is 2.28. The third kappa shape index (κ3) is 1.94. The maximum absolute atomic E-state index is 3.58. The molecular formula is C14H20N2. The average molecular weight is 216 g/mol. The molecule has 0 aromatic heterocycles. The second-order valence-corrected chi connectivity index (χ2v) is 5.27. The largest absolute Gasteiger partial charge is 0.384 e. The number of nitrogens with one attached hydrogen (secondary N) is 1. The van der Waals surface area contributed by atoms with Crippen LogP contribution >= 0.6 is 0 Å². The summed E-state index contributed by atoms with van der Waals surface area (Å²) in [5.74, 6) is 0.801. The number of nitrogens with zero attached hydrogens (tertiary/aromatic N) is 1. The quantitative estimate of drug-likeness (QED) is 0.816. The van der Waals surface area contributed by atoms with Crippen molar-refractivity contribution in [3.8, 4) is 0 Å². The molecule has 2 aliphatic rings. The fraction of sp³-hybridized carbons (Fsp3) is 0.571. The van der Waals surface area contributed by atoms with Crippen LogP contribution < -0.4 is 5.32 Å². The highest BCUT2D eigenvalue weighted by Crippen LogP contribution is 2.26. The Kier molecular flexibility index (Phi) is 2.60. The molecule has 16 heavy (non-hydrogen) atoms. The zero-order valence-electron chi connectivity index (χ0n) is 10.00. The predicted molar refractivity (Wildman–Crippen MR) is 67.9 cm³/mol. The summed E-state index contributed by atoms with van der Waals surface area (Å²) in [6.07, 6.45) is 2.65. The highest BCUT2D eigenvalue weighted by molar-refractivity contribution is 5.55. The average Bonchev–Trinajstić information content (AvgIpc) is 2.23. The topological polar surface area (TPSA) is 15.3 Å². The first-order chi connectivity index (χ1) is 7.81. The Morgan fingerprint density at radius 2 is 2.25 bits per heavy atom. The second kappa shape index (κ2) is 4.10. The van der Waals surface area contributed by atoms with Crippen LogP contribution in [0.5, 0.6) is 0 Å². The smallest absolute Gasteiger partial charge is 0.0375 e. The van der Waals surface area contributed by atoms with E-state index in [4.69, 9.17) is 0 Å². The van der Waals surface area contributed by atoms with Crippen LogP contribution in [0.4, 0.5) is 5.69 Å². The summed E-state index contributed by atoms with van der Waals surface area (Å²) in [5.41, 5.74) is 4.22. The fourth-order valence-electron chi connectivity index (χ4n) is 2.73. The SMILES string of the molecule is Cc1ccc2c(c1)NCC(CN1CCC1)C2. The van der Waals surface area contributed by atoms with E-state index in [2.05, 4.69) is 35.3 Å². The minimum Gasteiger partial charge on any atom is -0.384 e. The molecule has 1 fully saturated rings. The number of likely N-dealkylation sites (tertiary alicyclic amines) is 1. The van der Waals surface area contributed by atoms with Gasteiger partial charge in [0.1, 0.15) is 0 Å². The molecule has 0 spiro atoms. The molecule has 1 aromatic rings. The first-order valence-corrected chi connectivity index (χ1v) is 6.37. The van der Waals surface area contributed by atoms with Crippen molar-refractivity contribution in [2.45, 2.75) is 19.8 Å². The molecule has 2 heteroatoms. The maximum atomic E-state index is 3.58. The normalized spacial score (nSPS) is 24.4. The summed E-state index contributed by atoms with van der Waals surface area (Å²) in [6.45, 7) is 7.22. The molecule has 2 nitrogen and oxygen atoms in total. The van der Waals surface area contributed by atoms with E-state index in [9.17, 15) is 0 Å². The van der Waals surface area contributed by atoms with E-state index in [1.165, 1.54) is 49.3 Å². The van der Waals surface area contributed by atoms with Gasteiger partial charge in [-0.3, -0.25) is 0 Å². The summed E-state index contributed by atoms with van der Waals surface area (Å²) in [5, 5.41) is 3.58. The lowest BCUT2D eigenvalue weighted by Crippen LogP contribution is -2.43. The van der Waals surface area contributed by atoms with Crippen LogP contribution in [0.2, 0.25) is 0 Å².